The first kappa shape index (κ1) is 22.2. The third-order valence-electron chi connectivity index (χ3n) is 5.13. The van der Waals surface area contributed by atoms with Crippen molar-refractivity contribution >= 4 is 28.4 Å². The van der Waals surface area contributed by atoms with E-state index in [4.69, 9.17) is 5.73 Å². The molecule has 11 heteroatoms. The van der Waals surface area contributed by atoms with E-state index in [0.717, 1.165) is 18.2 Å². The maximum Gasteiger partial charge on any atom is 0.416 e. The Labute approximate surface area is 185 Å². The first-order valence-electron chi connectivity index (χ1n) is 9.79. The Kier molecular flexibility index (Phi) is 5.50. The van der Waals surface area contributed by atoms with Crippen molar-refractivity contribution in [2.75, 3.05) is 11.1 Å². The van der Waals surface area contributed by atoms with Crippen LogP contribution in [0.5, 0.6) is 0 Å². The van der Waals surface area contributed by atoms with Gasteiger partial charge in [-0.3, -0.25) is 4.79 Å². The van der Waals surface area contributed by atoms with Crippen molar-refractivity contribution in [1.82, 2.24) is 19.7 Å². The van der Waals surface area contributed by atoms with Gasteiger partial charge in [-0.05, 0) is 55.3 Å². The quantitative estimate of drug-likeness (QED) is 0.431. The summed E-state index contributed by atoms with van der Waals surface area (Å²) >= 11 is 0. The Hall–Kier alpha value is -3.99. The standard InChI is InChI=1S/C22H19F3N6O2/c1-11-8-15(29-21(33)19(32)13-4-3-5-14(9-13)22(23,24)25)6-7-16(11)31-18-17(12(2)30-31)27-10-28-20(18)26/h3-10,19,32H,1-2H3,(H,29,33)(H2,26,27,28). The van der Waals surface area contributed by atoms with Gasteiger partial charge >= 0.3 is 6.18 Å². The van der Waals surface area contributed by atoms with Crippen molar-refractivity contribution < 1.29 is 23.1 Å². The largest absolute Gasteiger partial charge is 0.416 e. The highest BCUT2D eigenvalue weighted by molar-refractivity contribution is 5.95. The Morgan fingerprint density at radius 1 is 1.15 bits per heavy atom. The van der Waals surface area contributed by atoms with Gasteiger partial charge in [0.15, 0.2) is 11.9 Å². The van der Waals surface area contributed by atoms with Gasteiger partial charge in [-0.1, -0.05) is 12.1 Å². The van der Waals surface area contributed by atoms with Gasteiger partial charge in [0.25, 0.3) is 5.91 Å². The van der Waals surface area contributed by atoms with Crippen LogP contribution in [0.1, 0.15) is 28.5 Å². The molecule has 4 rings (SSSR count). The van der Waals surface area contributed by atoms with E-state index >= 15 is 0 Å². The topological polar surface area (TPSA) is 119 Å². The second-order valence-electron chi connectivity index (χ2n) is 7.47. The number of halogens is 3. The molecule has 0 saturated carbocycles. The lowest BCUT2D eigenvalue weighted by molar-refractivity contribution is -0.138. The van der Waals surface area contributed by atoms with E-state index in [1.54, 1.807) is 36.7 Å². The lowest BCUT2D eigenvalue weighted by Gasteiger charge is -2.15. The molecule has 8 nitrogen and oxygen atoms in total. The summed E-state index contributed by atoms with van der Waals surface area (Å²) in [6.45, 7) is 3.58. The van der Waals surface area contributed by atoms with Crippen LogP contribution in [0.15, 0.2) is 48.8 Å². The van der Waals surface area contributed by atoms with E-state index in [1.807, 2.05) is 0 Å². The van der Waals surface area contributed by atoms with Gasteiger partial charge in [-0.2, -0.15) is 18.3 Å². The summed E-state index contributed by atoms with van der Waals surface area (Å²) in [7, 11) is 0. The molecule has 0 spiro atoms. The van der Waals surface area contributed by atoms with Crippen molar-refractivity contribution in [2.45, 2.75) is 26.1 Å². The summed E-state index contributed by atoms with van der Waals surface area (Å²) in [4.78, 5) is 20.7. The van der Waals surface area contributed by atoms with Gasteiger partial charge in [0.05, 0.1) is 16.9 Å². The van der Waals surface area contributed by atoms with Gasteiger partial charge in [0, 0.05) is 5.69 Å². The number of nitrogens with one attached hydrogen (secondary N) is 1. The second kappa shape index (κ2) is 8.17. The van der Waals surface area contributed by atoms with Crippen molar-refractivity contribution in [1.29, 1.82) is 0 Å². The molecule has 0 bridgehead atoms. The normalized spacial score (nSPS) is 12.7. The van der Waals surface area contributed by atoms with Crippen LogP contribution in [-0.4, -0.2) is 30.8 Å². The molecule has 2 aromatic carbocycles. The smallest absolute Gasteiger partial charge is 0.382 e. The lowest BCUT2D eigenvalue weighted by atomic mass is 10.0. The molecule has 33 heavy (non-hydrogen) atoms. The van der Waals surface area contributed by atoms with Crippen LogP contribution >= 0.6 is 0 Å². The molecule has 0 aliphatic carbocycles. The second-order valence-corrected chi connectivity index (χ2v) is 7.47. The van der Waals surface area contributed by atoms with Crippen molar-refractivity contribution in [3.63, 3.8) is 0 Å². The molecule has 4 aromatic rings. The Balaban J connectivity index is 1.59. The fraction of sp³-hybridized carbons (Fsp3) is 0.182. The zero-order chi connectivity index (χ0) is 23.9. The van der Waals surface area contributed by atoms with Crippen molar-refractivity contribution in [2.24, 2.45) is 0 Å². The molecule has 0 saturated heterocycles. The number of hydrogen-bond donors (Lipinski definition) is 3. The van der Waals surface area contributed by atoms with Gasteiger partial charge in [-0.25, -0.2) is 14.6 Å². The fourth-order valence-corrected chi connectivity index (χ4v) is 3.51. The Morgan fingerprint density at radius 3 is 2.61 bits per heavy atom. The van der Waals surface area contributed by atoms with E-state index in [2.05, 4.69) is 20.4 Å². The number of nitrogens with two attached hydrogens (primary N) is 1. The predicted molar refractivity (Wildman–Crippen MR) is 116 cm³/mol. The molecule has 1 unspecified atom stereocenters. The van der Waals surface area contributed by atoms with Crippen LogP contribution in [-0.2, 0) is 11.0 Å². The molecule has 170 valence electrons. The fourth-order valence-electron chi connectivity index (χ4n) is 3.51. The molecule has 0 aliphatic heterocycles. The third-order valence-corrected chi connectivity index (χ3v) is 5.13. The van der Waals surface area contributed by atoms with Gasteiger partial charge < -0.3 is 16.2 Å². The summed E-state index contributed by atoms with van der Waals surface area (Å²) in [5, 5.41) is 17.3. The van der Waals surface area contributed by atoms with Gasteiger partial charge in [0.2, 0.25) is 0 Å². The maximum absolute atomic E-state index is 12.9. The van der Waals surface area contributed by atoms with Crippen LogP contribution < -0.4 is 11.1 Å². The number of alkyl halides is 3. The number of fused-ring (bicyclic) bond motifs is 1. The first-order valence-corrected chi connectivity index (χ1v) is 9.79. The van der Waals surface area contributed by atoms with Gasteiger partial charge in [0.1, 0.15) is 17.4 Å². The zero-order valence-corrected chi connectivity index (χ0v) is 17.6. The molecule has 1 atom stereocenters. The maximum atomic E-state index is 12.9. The van der Waals surface area contributed by atoms with E-state index in [-0.39, 0.29) is 11.4 Å². The van der Waals surface area contributed by atoms with E-state index in [9.17, 15) is 23.1 Å². The third kappa shape index (κ3) is 4.22. The number of aryl methyl sites for hydroxylation is 2. The summed E-state index contributed by atoms with van der Waals surface area (Å²) in [6.07, 6.45) is -5.00. The number of carbonyl (C=O) groups excluding carboxylic acids is 1. The average Bonchev–Trinajstić information content (AvgIpc) is 3.10. The number of hydrogen-bond acceptors (Lipinski definition) is 6. The van der Waals surface area contributed by atoms with E-state index < -0.39 is 23.8 Å². The van der Waals surface area contributed by atoms with Crippen molar-refractivity contribution in [3.05, 3.63) is 71.2 Å². The molecule has 2 heterocycles. The minimum Gasteiger partial charge on any atom is -0.382 e. The number of amides is 1. The predicted octanol–water partition coefficient (Wildman–Crippen LogP) is 3.71. The number of aliphatic hydroxyl groups is 1. The number of anilines is 2. The number of carbonyl (C=O) groups is 1. The summed E-state index contributed by atoms with van der Waals surface area (Å²) in [6, 6.07) is 8.94. The number of aliphatic hydroxyl groups excluding tert-OH is 1. The number of benzene rings is 2. The minimum atomic E-state index is -4.58. The first-order chi connectivity index (χ1) is 15.6. The van der Waals surface area contributed by atoms with E-state index in [1.165, 1.54) is 12.4 Å². The van der Waals surface area contributed by atoms with E-state index in [0.29, 0.717) is 33.7 Å². The number of rotatable bonds is 4. The van der Waals surface area contributed by atoms with Crippen LogP contribution in [0, 0.1) is 13.8 Å². The Morgan fingerprint density at radius 2 is 1.91 bits per heavy atom. The van der Waals surface area contributed by atoms with Crippen LogP contribution in [0.2, 0.25) is 0 Å². The molecule has 0 radical (unpaired) electrons. The summed E-state index contributed by atoms with van der Waals surface area (Å²) in [5.74, 6) is -0.596. The average molecular weight is 456 g/mol. The highest BCUT2D eigenvalue weighted by Crippen LogP contribution is 2.31. The SMILES string of the molecule is Cc1cc(NC(=O)C(O)c2cccc(C(F)(F)F)c2)ccc1-n1nc(C)c2ncnc(N)c21. The molecular formula is C22H19F3N6O2. The molecule has 2 aromatic heterocycles. The zero-order valence-electron chi connectivity index (χ0n) is 17.6. The molecule has 0 fully saturated rings. The number of nitrogen functional groups attached to an aromatic ring is 1. The van der Waals surface area contributed by atoms with Crippen LogP contribution in [0.4, 0.5) is 24.7 Å². The molecular weight excluding hydrogens is 437 g/mol. The monoisotopic (exact) mass is 456 g/mol. The highest BCUT2D eigenvalue weighted by atomic mass is 19.4. The molecule has 1 amide bonds. The minimum absolute atomic E-state index is 0.162. The van der Waals surface area contributed by atoms with Gasteiger partial charge in [-0.15, -0.1) is 0 Å². The van der Waals surface area contributed by atoms with Crippen LogP contribution in [0.25, 0.3) is 16.7 Å². The lowest BCUT2D eigenvalue weighted by Crippen LogP contribution is -2.21. The van der Waals surface area contributed by atoms with Crippen LogP contribution in [0.3, 0.4) is 0 Å². The summed E-state index contributed by atoms with van der Waals surface area (Å²) in [5.41, 5.74) is 8.48. The number of aromatic nitrogens is 4. The van der Waals surface area contributed by atoms with Crippen molar-refractivity contribution in [3.8, 4) is 5.69 Å². The highest BCUT2D eigenvalue weighted by Gasteiger charge is 2.31. The summed E-state index contributed by atoms with van der Waals surface area (Å²) < 4.78 is 40.4. The number of nitrogens with zero attached hydrogens (tertiary/aromatic N) is 4. The Bertz CT molecular complexity index is 1370. The molecule has 0 aliphatic rings. The molecule has 4 N–H and O–H groups in total.